The van der Waals surface area contributed by atoms with Crippen molar-refractivity contribution in [3.05, 3.63) is 66.0 Å². The van der Waals surface area contributed by atoms with E-state index in [1.54, 1.807) is 11.8 Å². The monoisotopic (exact) mass is 327 g/mol. The van der Waals surface area contributed by atoms with Gasteiger partial charge in [0, 0.05) is 31.1 Å². The zero-order chi connectivity index (χ0) is 16.5. The number of amidine groups is 1. The van der Waals surface area contributed by atoms with E-state index in [9.17, 15) is 0 Å². The van der Waals surface area contributed by atoms with Crippen molar-refractivity contribution in [2.45, 2.75) is 32.7 Å². The van der Waals surface area contributed by atoms with E-state index in [1.807, 2.05) is 30.6 Å². The first-order valence-corrected chi connectivity index (χ1v) is 9.05. The predicted octanol–water partition coefficient (Wildman–Crippen LogP) is 4.15. The number of rotatable bonds is 7. The molecule has 0 saturated carbocycles. The third-order valence-electron chi connectivity index (χ3n) is 3.84. The van der Waals surface area contributed by atoms with Gasteiger partial charge in [-0.2, -0.15) is 0 Å². The molecule has 1 unspecified atom stereocenters. The maximum Gasteiger partial charge on any atom is 0.157 e. The van der Waals surface area contributed by atoms with Crippen LogP contribution in [0.5, 0.6) is 0 Å². The lowest BCUT2D eigenvalue weighted by Crippen LogP contribution is -2.20. The number of aromatic nitrogens is 1. The molecular formula is C19H25N3S. The van der Waals surface area contributed by atoms with E-state index in [-0.39, 0.29) is 6.04 Å². The number of allylic oxidation sites excluding steroid dienone is 3. The minimum Gasteiger partial charge on any atom is -0.364 e. The molecule has 1 aromatic heterocycles. The van der Waals surface area contributed by atoms with Gasteiger partial charge in [0.1, 0.15) is 0 Å². The van der Waals surface area contributed by atoms with Crippen molar-refractivity contribution in [3.8, 4) is 0 Å². The smallest absolute Gasteiger partial charge is 0.157 e. The van der Waals surface area contributed by atoms with Crippen LogP contribution in [0.3, 0.4) is 0 Å². The first-order valence-electron chi connectivity index (χ1n) is 8.06. The first-order chi connectivity index (χ1) is 11.2. The molecule has 1 fully saturated rings. The molecule has 1 saturated heterocycles. The fourth-order valence-corrected chi connectivity index (χ4v) is 3.27. The molecule has 1 aliphatic heterocycles. The Kier molecular flexibility index (Phi) is 7.14. The van der Waals surface area contributed by atoms with Crippen molar-refractivity contribution in [2.24, 2.45) is 4.99 Å². The van der Waals surface area contributed by atoms with E-state index in [0.29, 0.717) is 0 Å². The highest BCUT2D eigenvalue weighted by Crippen LogP contribution is 2.22. The second-order valence-corrected chi connectivity index (χ2v) is 6.56. The highest BCUT2D eigenvalue weighted by Gasteiger charge is 2.17. The summed E-state index contributed by atoms with van der Waals surface area (Å²) < 4.78 is 0. The zero-order valence-corrected chi connectivity index (χ0v) is 14.8. The average Bonchev–Trinajstić information content (AvgIpc) is 3.08. The highest BCUT2D eigenvalue weighted by atomic mass is 32.2. The fraction of sp³-hybridized carbons (Fsp3) is 0.368. The second kappa shape index (κ2) is 9.36. The van der Waals surface area contributed by atoms with Crippen molar-refractivity contribution < 1.29 is 0 Å². The standard InChI is InChI=1S/C19H25N3S/c1-4-6-9-17(15(3)5-2)18(22-19-21-11-12-23-19)13-16-8-7-10-20-14-16/h4,6-10,14,18H,1,5,11-13H2,2-3H3,(H,21,22)/b9-6-,17-15+. The van der Waals surface area contributed by atoms with Gasteiger partial charge in [-0.25, -0.2) is 0 Å². The van der Waals surface area contributed by atoms with Crippen LogP contribution in [0.25, 0.3) is 0 Å². The van der Waals surface area contributed by atoms with Gasteiger partial charge in [-0.05, 0) is 30.5 Å². The maximum atomic E-state index is 4.99. The van der Waals surface area contributed by atoms with Crippen molar-refractivity contribution in [2.75, 3.05) is 12.3 Å². The Morgan fingerprint density at radius 3 is 3.04 bits per heavy atom. The summed E-state index contributed by atoms with van der Waals surface area (Å²) in [5.41, 5.74) is 3.85. The summed E-state index contributed by atoms with van der Waals surface area (Å²) in [4.78, 5) is 9.23. The summed E-state index contributed by atoms with van der Waals surface area (Å²) in [6, 6.07) is 4.20. The van der Waals surface area contributed by atoms with Gasteiger partial charge >= 0.3 is 0 Å². The van der Waals surface area contributed by atoms with Crippen LogP contribution in [0.15, 0.2) is 65.5 Å². The quantitative estimate of drug-likeness (QED) is 0.764. The number of aliphatic imine (C=N–C) groups is 1. The molecule has 0 aliphatic carbocycles. The van der Waals surface area contributed by atoms with Crippen LogP contribution >= 0.6 is 11.8 Å². The molecule has 0 amide bonds. The molecule has 2 heterocycles. The molecule has 0 aromatic carbocycles. The third kappa shape index (κ3) is 5.39. The molecule has 0 spiro atoms. The molecule has 0 radical (unpaired) electrons. The van der Waals surface area contributed by atoms with Gasteiger partial charge in [-0.15, -0.1) is 0 Å². The minimum absolute atomic E-state index is 0.100. The molecule has 1 aliphatic rings. The SMILES string of the molecule is C=C/C=C\C(=C(\C)CC)C(Cc1cccnc1)/N=C1/NCCS1. The van der Waals surface area contributed by atoms with Crippen LogP contribution in [0.2, 0.25) is 0 Å². The summed E-state index contributed by atoms with van der Waals surface area (Å²) in [7, 11) is 0. The maximum absolute atomic E-state index is 4.99. The number of thioether (sulfide) groups is 1. The third-order valence-corrected chi connectivity index (χ3v) is 4.77. The molecular weight excluding hydrogens is 302 g/mol. The number of hydrogen-bond donors (Lipinski definition) is 1. The van der Waals surface area contributed by atoms with Crippen LogP contribution in [0.1, 0.15) is 25.8 Å². The Labute approximate surface area is 143 Å². The summed E-state index contributed by atoms with van der Waals surface area (Å²) >= 11 is 1.80. The molecule has 0 bridgehead atoms. The number of nitrogens with one attached hydrogen (secondary N) is 1. The van der Waals surface area contributed by atoms with Gasteiger partial charge in [0.15, 0.2) is 5.17 Å². The Hall–Kier alpha value is -1.81. The molecule has 1 N–H and O–H groups in total. The van der Waals surface area contributed by atoms with Crippen LogP contribution in [0, 0.1) is 0 Å². The van der Waals surface area contributed by atoms with Crippen LogP contribution in [-0.4, -0.2) is 28.5 Å². The fourth-order valence-electron chi connectivity index (χ4n) is 2.46. The van der Waals surface area contributed by atoms with Crippen molar-refractivity contribution in [3.63, 3.8) is 0 Å². The molecule has 3 nitrogen and oxygen atoms in total. The Balaban J connectivity index is 2.35. The molecule has 122 valence electrons. The lowest BCUT2D eigenvalue weighted by Gasteiger charge is -2.18. The summed E-state index contributed by atoms with van der Waals surface area (Å²) in [5.74, 6) is 1.09. The predicted molar refractivity (Wildman–Crippen MR) is 102 cm³/mol. The number of pyridine rings is 1. The van der Waals surface area contributed by atoms with E-state index in [1.165, 1.54) is 16.7 Å². The van der Waals surface area contributed by atoms with Gasteiger partial charge in [0.05, 0.1) is 6.04 Å². The molecule has 1 aromatic rings. The first kappa shape index (κ1) is 17.5. The minimum atomic E-state index is 0.100. The highest BCUT2D eigenvalue weighted by molar-refractivity contribution is 8.14. The number of hydrogen-bond acceptors (Lipinski definition) is 3. The molecule has 23 heavy (non-hydrogen) atoms. The lowest BCUT2D eigenvalue weighted by atomic mass is 9.94. The zero-order valence-electron chi connectivity index (χ0n) is 14.0. The van der Waals surface area contributed by atoms with E-state index in [4.69, 9.17) is 4.99 Å². The van der Waals surface area contributed by atoms with Crippen molar-refractivity contribution in [1.29, 1.82) is 0 Å². The van der Waals surface area contributed by atoms with Gasteiger partial charge in [-0.1, -0.05) is 55.1 Å². The number of nitrogens with zero attached hydrogens (tertiary/aromatic N) is 2. The average molecular weight is 327 g/mol. The van der Waals surface area contributed by atoms with Gasteiger partial charge in [0.2, 0.25) is 0 Å². The van der Waals surface area contributed by atoms with Gasteiger partial charge in [0.25, 0.3) is 0 Å². The molecule has 2 rings (SSSR count). The largest absolute Gasteiger partial charge is 0.364 e. The van der Waals surface area contributed by atoms with E-state index in [0.717, 1.165) is 30.3 Å². The topological polar surface area (TPSA) is 37.3 Å². The van der Waals surface area contributed by atoms with Gasteiger partial charge < -0.3 is 5.32 Å². The Morgan fingerprint density at radius 1 is 1.57 bits per heavy atom. The second-order valence-electron chi connectivity index (χ2n) is 5.47. The summed E-state index contributed by atoms with van der Waals surface area (Å²) in [6.07, 6.45) is 11.6. The normalized spacial score (nSPS) is 18.8. The van der Waals surface area contributed by atoms with E-state index in [2.05, 4.69) is 42.9 Å². The Bertz CT molecular complexity index is 594. The van der Waals surface area contributed by atoms with Crippen molar-refractivity contribution >= 4 is 16.9 Å². The van der Waals surface area contributed by atoms with Gasteiger partial charge in [-0.3, -0.25) is 9.98 Å². The van der Waals surface area contributed by atoms with Crippen LogP contribution < -0.4 is 5.32 Å². The lowest BCUT2D eigenvalue weighted by molar-refractivity contribution is 0.761. The van der Waals surface area contributed by atoms with E-state index >= 15 is 0 Å². The summed E-state index contributed by atoms with van der Waals surface area (Å²) in [5, 5.41) is 4.42. The van der Waals surface area contributed by atoms with E-state index < -0.39 is 0 Å². The van der Waals surface area contributed by atoms with Crippen molar-refractivity contribution in [1.82, 2.24) is 10.3 Å². The Morgan fingerprint density at radius 2 is 2.43 bits per heavy atom. The molecule has 4 heteroatoms. The summed E-state index contributed by atoms with van der Waals surface area (Å²) in [6.45, 7) is 9.17. The van der Waals surface area contributed by atoms with Crippen LogP contribution in [0.4, 0.5) is 0 Å². The van der Waals surface area contributed by atoms with Crippen LogP contribution in [-0.2, 0) is 6.42 Å². The molecule has 1 atom stereocenters.